The molecule has 1 unspecified atom stereocenters. The fourth-order valence-corrected chi connectivity index (χ4v) is 1.25. The average molecular weight is 168 g/mol. The minimum atomic E-state index is -0.0310. The van der Waals surface area contributed by atoms with Gasteiger partial charge in [-0.2, -0.15) is 0 Å². The van der Waals surface area contributed by atoms with Crippen LogP contribution in [0.2, 0.25) is 0 Å². The predicted octanol–water partition coefficient (Wildman–Crippen LogP) is 0.370. The Morgan fingerprint density at radius 2 is 2.42 bits per heavy atom. The Morgan fingerprint density at radius 3 is 2.92 bits per heavy atom. The molecule has 1 aliphatic heterocycles. The summed E-state index contributed by atoms with van der Waals surface area (Å²) < 4.78 is 0. The maximum absolute atomic E-state index is 11.5. The van der Waals surface area contributed by atoms with Crippen molar-refractivity contribution in [2.45, 2.75) is 13.3 Å². The quantitative estimate of drug-likeness (QED) is 0.605. The molecule has 1 atom stereocenters. The molecule has 3 nitrogen and oxygen atoms in total. The fourth-order valence-electron chi connectivity index (χ4n) is 1.25. The molecule has 0 aromatic rings. The van der Waals surface area contributed by atoms with Crippen LogP contribution in [0.3, 0.4) is 0 Å². The first-order valence-corrected chi connectivity index (χ1v) is 4.39. The van der Waals surface area contributed by atoms with Crippen LogP contribution >= 0.6 is 0 Å². The summed E-state index contributed by atoms with van der Waals surface area (Å²) in [5.74, 6) is 0.151. The number of rotatable bonds is 2. The standard InChI is InChI=1S/C9H16N2O/c1-8(7-10)9(12)11-5-3-2-4-6-11/h2-3,8H,4-7,10H2,1H3. The maximum atomic E-state index is 11.5. The topological polar surface area (TPSA) is 46.3 Å². The summed E-state index contributed by atoms with van der Waals surface area (Å²) in [5.41, 5.74) is 5.41. The van der Waals surface area contributed by atoms with Crippen LogP contribution in [0.15, 0.2) is 12.2 Å². The Bertz CT molecular complexity index is 189. The van der Waals surface area contributed by atoms with E-state index in [1.807, 2.05) is 17.9 Å². The van der Waals surface area contributed by atoms with Crippen molar-refractivity contribution < 1.29 is 4.79 Å². The van der Waals surface area contributed by atoms with E-state index in [9.17, 15) is 4.79 Å². The van der Waals surface area contributed by atoms with Crippen molar-refractivity contribution in [3.63, 3.8) is 0 Å². The van der Waals surface area contributed by atoms with Crippen LogP contribution in [-0.2, 0) is 4.79 Å². The van der Waals surface area contributed by atoms with Gasteiger partial charge in [0.2, 0.25) is 5.91 Å². The molecule has 0 saturated carbocycles. The first kappa shape index (κ1) is 9.26. The Labute approximate surface area is 73.2 Å². The molecule has 1 rings (SSSR count). The van der Waals surface area contributed by atoms with Crippen LogP contribution in [0.1, 0.15) is 13.3 Å². The molecule has 1 amide bonds. The molecule has 0 aromatic carbocycles. The normalized spacial score (nSPS) is 19.3. The zero-order valence-electron chi connectivity index (χ0n) is 7.49. The molecule has 3 heteroatoms. The van der Waals surface area contributed by atoms with Gasteiger partial charge in [-0.1, -0.05) is 19.1 Å². The summed E-state index contributed by atoms with van der Waals surface area (Å²) in [7, 11) is 0. The Kier molecular flexibility index (Phi) is 3.29. The van der Waals surface area contributed by atoms with Crippen molar-refractivity contribution in [1.29, 1.82) is 0 Å². The van der Waals surface area contributed by atoms with Gasteiger partial charge in [0, 0.05) is 25.6 Å². The van der Waals surface area contributed by atoms with Crippen LogP contribution in [-0.4, -0.2) is 30.4 Å². The lowest BCUT2D eigenvalue weighted by molar-refractivity contribution is -0.134. The monoisotopic (exact) mass is 168 g/mol. The zero-order valence-corrected chi connectivity index (χ0v) is 7.49. The smallest absolute Gasteiger partial charge is 0.226 e. The van der Waals surface area contributed by atoms with E-state index in [0.29, 0.717) is 6.54 Å². The minimum Gasteiger partial charge on any atom is -0.338 e. The van der Waals surface area contributed by atoms with Crippen molar-refractivity contribution in [3.8, 4) is 0 Å². The molecule has 0 fully saturated rings. The Balaban J connectivity index is 2.46. The van der Waals surface area contributed by atoms with Gasteiger partial charge >= 0.3 is 0 Å². The van der Waals surface area contributed by atoms with Gasteiger partial charge in [-0.05, 0) is 6.42 Å². The molecule has 2 N–H and O–H groups in total. The van der Waals surface area contributed by atoms with Crippen molar-refractivity contribution in [3.05, 3.63) is 12.2 Å². The zero-order chi connectivity index (χ0) is 8.97. The third-order valence-electron chi connectivity index (χ3n) is 2.14. The molecule has 0 aliphatic carbocycles. The highest BCUT2D eigenvalue weighted by molar-refractivity contribution is 5.79. The molecule has 0 aromatic heterocycles. The van der Waals surface area contributed by atoms with Crippen LogP contribution in [0.4, 0.5) is 0 Å². The van der Waals surface area contributed by atoms with Crippen molar-refractivity contribution in [1.82, 2.24) is 4.90 Å². The van der Waals surface area contributed by atoms with Crippen molar-refractivity contribution in [2.75, 3.05) is 19.6 Å². The van der Waals surface area contributed by atoms with Crippen molar-refractivity contribution in [2.24, 2.45) is 11.7 Å². The van der Waals surface area contributed by atoms with Crippen LogP contribution < -0.4 is 5.73 Å². The van der Waals surface area contributed by atoms with Gasteiger partial charge in [-0.25, -0.2) is 0 Å². The lowest BCUT2D eigenvalue weighted by Gasteiger charge is -2.25. The van der Waals surface area contributed by atoms with E-state index in [0.717, 1.165) is 19.5 Å². The number of amides is 1. The first-order chi connectivity index (χ1) is 5.75. The highest BCUT2D eigenvalue weighted by atomic mass is 16.2. The van der Waals surface area contributed by atoms with Gasteiger partial charge in [0.05, 0.1) is 0 Å². The summed E-state index contributed by atoms with van der Waals surface area (Å²) >= 11 is 0. The van der Waals surface area contributed by atoms with Gasteiger partial charge in [-0.15, -0.1) is 0 Å². The summed E-state index contributed by atoms with van der Waals surface area (Å²) in [6, 6.07) is 0. The van der Waals surface area contributed by atoms with Gasteiger partial charge in [0.25, 0.3) is 0 Å². The number of nitrogens with zero attached hydrogens (tertiary/aromatic N) is 1. The molecule has 12 heavy (non-hydrogen) atoms. The van der Waals surface area contributed by atoms with Crippen molar-refractivity contribution >= 4 is 5.91 Å². The molecule has 68 valence electrons. The summed E-state index contributed by atoms with van der Waals surface area (Å²) in [4.78, 5) is 13.4. The summed E-state index contributed by atoms with van der Waals surface area (Å²) in [5, 5.41) is 0. The van der Waals surface area contributed by atoms with Crippen LogP contribution in [0.25, 0.3) is 0 Å². The van der Waals surface area contributed by atoms with E-state index in [4.69, 9.17) is 5.73 Å². The molecular formula is C9H16N2O. The lowest BCUT2D eigenvalue weighted by Crippen LogP contribution is -2.39. The third-order valence-corrected chi connectivity index (χ3v) is 2.14. The number of carbonyl (C=O) groups excluding carboxylic acids is 1. The van der Waals surface area contributed by atoms with Crippen LogP contribution in [0.5, 0.6) is 0 Å². The lowest BCUT2D eigenvalue weighted by atomic mass is 10.1. The van der Waals surface area contributed by atoms with E-state index in [1.54, 1.807) is 0 Å². The summed E-state index contributed by atoms with van der Waals surface area (Å²) in [6.45, 7) is 3.92. The molecular weight excluding hydrogens is 152 g/mol. The Hall–Kier alpha value is -0.830. The molecule has 0 radical (unpaired) electrons. The van der Waals surface area contributed by atoms with E-state index < -0.39 is 0 Å². The fraction of sp³-hybridized carbons (Fsp3) is 0.667. The second-order valence-electron chi connectivity index (χ2n) is 3.18. The summed E-state index contributed by atoms with van der Waals surface area (Å²) in [6.07, 6.45) is 5.12. The van der Waals surface area contributed by atoms with E-state index >= 15 is 0 Å². The number of hydrogen-bond acceptors (Lipinski definition) is 2. The molecule has 0 spiro atoms. The van der Waals surface area contributed by atoms with Crippen LogP contribution in [0, 0.1) is 5.92 Å². The van der Waals surface area contributed by atoms with Gasteiger partial charge < -0.3 is 10.6 Å². The Morgan fingerprint density at radius 1 is 1.67 bits per heavy atom. The second kappa shape index (κ2) is 4.26. The van der Waals surface area contributed by atoms with Gasteiger partial charge in [0.1, 0.15) is 0 Å². The third kappa shape index (κ3) is 2.08. The van der Waals surface area contributed by atoms with Gasteiger partial charge in [0.15, 0.2) is 0 Å². The van der Waals surface area contributed by atoms with Gasteiger partial charge in [-0.3, -0.25) is 4.79 Å². The molecule has 1 heterocycles. The number of nitrogens with two attached hydrogens (primary N) is 1. The number of carbonyl (C=O) groups is 1. The predicted molar refractivity (Wildman–Crippen MR) is 48.6 cm³/mol. The highest BCUT2D eigenvalue weighted by Crippen LogP contribution is 2.06. The maximum Gasteiger partial charge on any atom is 0.226 e. The second-order valence-corrected chi connectivity index (χ2v) is 3.18. The molecule has 1 aliphatic rings. The largest absolute Gasteiger partial charge is 0.338 e. The molecule has 0 bridgehead atoms. The SMILES string of the molecule is CC(CN)C(=O)N1CC=CCC1. The average Bonchev–Trinajstić information content (AvgIpc) is 2.17. The molecule has 0 saturated heterocycles. The number of hydrogen-bond donors (Lipinski definition) is 1. The van der Waals surface area contributed by atoms with E-state index in [1.165, 1.54) is 0 Å². The first-order valence-electron chi connectivity index (χ1n) is 4.39. The van der Waals surface area contributed by atoms with E-state index in [2.05, 4.69) is 6.08 Å². The highest BCUT2D eigenvalue weighted by Gasteiger charge is 2.18. The van der Waals surface area contributed by atoms with E-state index in [-0.39, 0.29) is 11.8 Å². The minimum absolute atomic E-state index is 0.0310.